The van der Waals surface area contributed by atoms with Gasteiger partial charge in [-0.2, -0.15) is 5.26 Å². The minimum atomic E-state index is 0.383. The molecule has 0 N–H and O–H groups in total. The number of aryl methyl sites for hydroxylation is 2. The number of hydrogen-bond acceptors (Lipinski definition) is 4. The lowest BCUT2D eigenvalue weighted by Gasteiger charge is -2.06. The van der Waals surface area contributed by atoms with Crippen LogP contribution in [0.15, 0.2) is 24.3 Å². The fourth-order valence-corrected chi connectivity index (χ4v) is 4.56. The summed E-state index contributed by atoms with van der Waals surface area (Å²) in [4.78, 5) is 7.30. The molecule has 2 aromatic heterocycles. The number of fused-ring (bicyclic) bond motifs is 3. The SMILES string of the molecule is CCCOc1ccc(-c2nc3sc4c(n3c2CC#N)CCC4)cc1. The highest BCUT2D eigenvalue weighted by Crippen LogP contribution is 2.36. The van der Waals surface area contributed by atoms with Gasteiger partial charge in [0, 0.05) is 16.1 Å². The summed E-state index contributed by atoms with van der Waals surface area (Å²) in [6.45, 7) is 2.82. The molecule has 0 spiro atoms. The summed E-state index contributed by atoms with van der Waals surface area (Å²) in [6.07, 6.45) is 4.83. The molecule has 0 saturated heterocycles. The lowest BCUT2D eigenvalue weighted by atomic mass is 10.1. The Morgan fingerprint density at radius 1 is 1.29 bits per heavy atom. The van der Waals surface area contributed by atoms with E-state index in [1.165, 1.54) is 17.0 Å². The summed E-state index contributed by atoms with van der Waals surface area (Å²) in [6, 6.07) is 10.4. The molecule has 1 aromatic carbocycles. The van der Waals surface area contributed by atoms with E-state index in [0.29, 0.717) is 6.42 Å². The second-order valence-electron chi connectivity index (χ2n) is 6.06. The van der Waals surface area contributed by atoms with Gasteiger partial charge < -0.3 is 4.74 Å². The number of imidazole rings is 1. The first kappa shape index (κ1) is 15.2. The molecule has 0 atom stereocenters. The smallest absolute Gasteiger partial charge is 0.194 e. The zero-order chi connectivity index (χ0) is 16.5. The molecule has 1 aliphatic rings. The third kappa shape index (κ3) is 2.47. The van der Waals surface area contributed by atoms with Gasteiger partial charge in [0.05, 0.1) is 30.5 Å². The van der Waals surface area contributed by atoms with Crippen LogP contribution in [0.5, 0.6) is 5.75 Å². The Morgan fingerprint density at radius 2 is 2.12 bits per heavy atom. The largest absolute Gasteiger partial charge is 0.494 e. The van der Waals surface area contributed by atoms with Gasteiger partial charge in [0.25, 0.3) is 0 Å². The maximum atomic E-state index is 9.29. The number of hydrogen-bond donors (Lipinski definition) is 0. The normalized spacial score (nSPS) is 13.2. The number of rotatable bonds is 5. The summed E-state index contributed by atoms with van der Waals surface area (Å²) in [5, 5.41) is 9.29. The number of nitrogens with zero attached hydrogens (tertiary/aromatic N) is 3. The topological polar surface area (TPSA) is 50.3 Å². The predicted molar refractivity (Wildman–Crippen MR) is 95.6 cm³/mol. The lowest BCUT2D eigenvalue weighted by Crippen LogP contribution is -1.97. The Balaban J connectivity index is 1.77. The van der Waals surface area contributed by atoms with Crippen molar-refractivity contribution in [1.29, 1.82) is 5.26 Å². The standard InChI is InChI=1S/C19H19N3OS/c1-2-12-23-14-8-6-13(7-9-14)18-16(10-11-20)22-15-4-3-5-17(15)24-19(22)21-18/h6-9H,2-5,10,12H2,1H3. The molecule has 0 aliphatic heterocycles. The molecule has 0 radical (unpaired) electrons. The van der Waals surface area contributed by atoms with E-state index in [2.05, 4.69) is 17.4 Å². The molecular weight excluding hydrogens is 318 g/mol. The first-order valence-corrected chi connectivity index (χ1v) is 9.25. The number of ether oxygens (including phenoxy) is 1. The molecule has 0 unspecified atom stereocenters. The van der Waals surface area contributed by atoms with Crippen LogP contribution in [0, 0.1) is 11.3 Å². The Bertz CT molecular complexity index is 915. The van der Waals surface area contributed by atoms with E-state index in [1.54, 1.807) is 11.3 Å². The predicted octanol–water partition coefficient (Wildman–Crippen LogP) is 4.41. The minimum Gasteiger partial charge on any atom is -0.494 e. The van der Waals surface area contributed by atoms with Gasteiger partial charge in [-0.05, 0) is 49.9 Å². The van der Waals surface area contributed by atoms with Crippen molar-refractivity contribution in [2.45, 2.75) is 39.0 Å². The molecule has 122 valence electrons. The minimum absolute atomic E-state index is 0.383. The molecule has 0 bridgehead atoms. The fraction of sp³-hybridized carbons (Fsp3) is 0.368. The van der Waals surface area contributed by atoms with Gasteiger partial charge in [-0.1, -0.05) is 6.92 Å². The van der Waals surface area contributed by atoms with E-state index in [1.807, 2.05) is 24.3 Å². The van der Waals surface area contributed by atoms with Gasteiger partial charge in [-0.15, -0.1) is 11.3 Å². The second kappa shape index (κ2) is 6.29. The molecule has 2 heterocycles. The van der Waals surface area contributed by atoms with Crippen molar-refractivity contribution in [2.75, 3.05) is 6.61 Å². The van der Waals surface area contributed by atoms with Crippen LogP contribution in [0.3, 0.4) is 0 Å². The van der Waals surface area contributed by atoms with Gasteiger partial charge >= 0.3 is 0 Å². The molecule has 24 heavy (non-hydrogen) atoms. The molecule has 4 nitrogen and oxygen atoms in total. The van der Waals surface area contributed by atoms with Crippen molar-refractivity contribution in [3.8, 4) is 23.1 Å². The van der Waals surface area contributed by atoms with Crippen molar-refractivity contribution in [2.24, 2.45) is 0 Å². The molecule has 0 amide bonds. The Morgan fingerprint density at radius 3 is 2.88 bits per heavy atom. The van der Waals surface area contributed by atoms with Gasteiger partial charge in [0.15, 0.2) is 4.96 Å². The quantitative estimate of drug-likeness (QED) is 0.693. The van der Waals surface area contributed by atoms with Crippen LogP contribution in [0.1, 0.15) is 36.0 Å². The summed E-state index contributed by atoms with van der Waals surface area (Å²) in [5.41, 5.74) is 4.36. The van der Waals surface area contributed by atoms with E-state index in [9.17, 15) is 5.26 Å². The molecule has 4 rings (SSSR count). The van der Waals surface area contributed by atoms with Crippen LogP contribution in [0.4, 0.5) is 0 Å². The maximum Gasteiger partial charge on any atom is 0.194 e. The Hall–Kier alpha value is -2.32. The van der Waals surface area contributed by atoms with Gasteiger partial charge in [-0.25, -0.2) is 4.98 Å². The monoisotopic (exact) mass is 337 g/mol. The van der Waals surface area contributed by atoms with Crippen molar-refractivity contribution < 1.29 is 4.74 Å². The van der Waals surface area contributed by atoms with Crippen LogP contribution in [-0.4, -0.2) is 16.0 Å². The molecule has 1 aliphatic carbocycles. The highest BCUT2D eigenvalue weighted by molar-refractivity contribution is 7.17. The van der Waals surface area contributed by atoms with Gasteiger partial charge in [-0.3, -0.25) is 4.40 Å². The number of nitriles is 1. The lowest BCUT2D eigenvalue weighted by molar-refractivity contribution is 0.317. The number of benzene rings is 1. The van der Waals surface area contributed by atoms with Crippen LogP contribution in [-0.2, 0) is 19.3 Å². The maximum absolute atomic E-state index is 9.29. The molecule has 0 saturated carbocycles. The van der Waals surface area contributed by atoms with E-state index in [0.717, 1.165) is 53.5 Å². The van der Waals surface area contributed by atoms with Crippen molar-refractivity contribution in [1.82, 2.24) is 9.38 Å². The second-order valence-corrected chi connectivity index (χ2v) is 7.12. The average Bonchev–Trinajstić information content (AvgIpc) is 3.26. The summed E-state index contributed by atoms with van der Waals surface area (Å²) < 4.78 is 7.88. The fourth-order valence-electron chi connectivity index (χ4n) is 3.33. The van der Waals surface area contributed by atoms with E-state index >= 15 is 0 Å². The zero-order valence-electron chi connectivity index (χ0n) is 13.7. The third-order valence-electron chi connectivity index (χ3n) is 4.41. The van der Waals surface area contributed by atoms with Crippen molar-refractivity contribution >= 4 is 16.3 Å². The number of thiazole rings is 1. The molecule has 5 heteroatoms. The summed E-state index contributed by atoms with van der Waals surface area (Å²) in [5.74, 6) is 0.879. The van der Waals surface area contributed by atoms with Crippen molar-refractivity contribution in [3.63, 3.8) is 0 Å². The zero-order valence-corrected chi connectivity index (χ0v) is 14.5. The van der Waals surface area contributed by atoms with Gasteiger partial charge in [0.1, 0.15) is 5.75 Å². The Kier molecular flexibility index (Phi) is 3.99. The van der Waals surface area contributed by atoms with Crippen LogP contribution in [0.2, 0.25) is 0 Å². The molecular formula is C19H19N3OS. The Labute approximate surface area is 145 Å². The summed E-state index contributed by atoms with van der Waals surface area (Å²) in [7, 11) is 0. The van der Waals surface area contributed by atoms with Crippen molar-refractivity contribution in [3.05, 3.63) is 40.5 Å². The van der Waals surface area contributed by atoms with Crippen LogP contribution in [0.25, 0.3) is 16.2 Å². The first-order chi connectivity index (χ1) is 11.8. The van der Waals surface area contributed by atoms with Crippen LogP contribution >= 0.6 is 11.3 Å². The number of aromatic nitrogens is 2. The van der Waals surface area contributed by atoms with E-state index in [4.69, 9.17) is 9.72 Å². The third-order valence-corrected chi connectivity index (χ3v) is 5.56. The average molecular weight is 337 g/mol. The van der Waals surface area contributed by atoms with Crippen LogP contribution < -0.4 is 4.74 Å². The van der Waals surface area contributed by atoms with Gasteiger partial charge in [0.2, 0.25) is 0 Å². The summed E-state index contributed by atoms with van der Waals surface area (Å²) >= 11 is 1.77. The van der Waals surface area contributed by atoms with E-state index in [-0.39, 0.29) is 0 Å². The highest BCUT2D eigenvalue weighted by Gasteiger charge is 2.24. The molecule has 0 fully saturated rings. The highest BCUT2D eigenvalue weighted by atomic mass is 32.1. The van der Waals surface area contributed by atoms with E-state index < -0.39 is 0 Å². The first-order valence-electron chi connectivity index (χ1n) is 8.44. The molecule has 3 aromatic rings.